The summed E-state index contributed by atoms with van der Waals surface area (Å²) in [6.07, 6.45) is -4.32. The minimum absolute atomic E-state index is 0.165. The lowest BCUT2D eigenvalue weighted by molar-refractivity contribution is -0.0436. The Balaban J connectivity index is 0.000000511. The number of halogens is 3. The van der Waals surface area contributed by atoms with Crippen LogP contribution in [0.5, 0.6) is 0 Å². The molecule has 4 amide bonds. The molecule has 0 aliphatic carbocycles. The quantitative estimate of drug-likeness (QED) is 0.191. The highest BCUT2D eigenvalue weighted by molar-refractivity contribution is 7.91. The Kier molecular flexibility index (Phi) is 14.1. The number of carbonyl (C=O) groups is 4. The van der Waals surface area contributed by atoms with Gasteiger partial charge in [-0.2, -0.15) is 26.3 Å². The van der Waals surface area contributed by atoms with Gasteiger partial charge in [0.2, 0.25) is 11.9 Å². The van der Waals surface area contributed by atoms with E-state index < -0.39 is 68.3 Å². The molecule has 3 N–H and O–H groups in total. The van der Waals surface area contributed by atoms with Crippen LogP contribution < -0.4 is 16.0 Å². The molecule has 0 atom stereocenters. The van der Waals surface area contributed by atoms with Crippen molar-refractivity contribution in [2.75, 3.05) is 0 Å². The van der Waals surface area contributed by atoms with Crippen LogP contribution >= 0.6 is 0 Å². The number of nitrogens with one attached hydrogen (secondary N) is 3. The molecule has 2 rings (SSSR count). The zero-order valence-corrected chi connectivity index (χ0v) is 31.0. The van der Waals surface area contributed by atoms with E-state index in [2.05, 4.69) is 25.0 Å². The van der Waals surface area contributed by atoms with Crippen molar-refractivity contribution in [3.63, 3.8) is 0 Å². The number of guanidine groups is 1. The number of hydrogen-bond acceptors (Lipinski definition) is 12. The van der Waals surface area contributed by atoms with Crippen LogP contribution in [-0.4, -0.2) is 87.6 Å². The topological polar surface area (TPSA) is 231 Å². The van der Waals surface area contributed by atoms with Gasteiger partial charge in [0.05, 0.1) is 5.52 Å². The van der Waals surface area contributed by atoms with E-state index in [1.165, 1.54) is 46.2 Å². The maximum Gasteiger partial charge on any atom is 0.518 e. The number of benzene rings is 1. The highest BCUT2D eigenvalue weighted by Gasteiger charge is 2.46. The van der Waals surface area contributed by atoms with Crippen LogP contribution in [0.3, 0.4) is 0 Å². The Morgan fingerprint density at radius 3 is 1.51 bits per heavy atom. The smallest absolute Gasteiger partial charge is 0.444 e. The summed E-state index contributed by atoms with van der Waals surface area (Å²) in [6, 6.07) is 7.06. The van der Waals surface area contributed by atoms with Gasteiger partial charge < -0.3 is 18.9 Å². The van der Waals surface area contributed by atoms with Crippen molar-refractivity contribution in [2.45, 2.75) is 111 Å². The van der Waals surface area contributed by atoms with E-state index in [0.717, 1.165) is 0 Å². The third kappa shape index (κ3) is 17.5. The number of sulfonamides is 1. The lowest BCUT2D eigenvalue weighted by Gasteiger charge is -2.22. The fourth-order valence-electron chi connectivity index (χ4n) is 2.97. The molecule has 0 aliphatic rings. The number of fused-ring (bicyclic) bond motifs is 1. The van der Waals surface area contributed by atoms with E-state index >= 15 is 0 Å². The standard InChI is InChI=1S/C17H23N5O4.C12H20F3N3O6S/c1-16(2,3)25-14(23)18-13(19-15(24)26-17(4,5)6)22-12-10-8-7-9-11(12)20-21-22;1-10(2,3)23-8(19)16-7(17-9(20)24-11(4,5)6)18-25(21,22)12(13,14)15/h7-10H,1-6H3,(H,18,19,23,24);1-6H3,(H2,16,17,18,19,20). The van der Waals surface area contributed by atoms with Crippen LogP contribution in [0.1, 0.15) is 83.1 Å². The number of ether oxygens (including phenoxy) is 4. The van der Waals surface area contributed by atoms with Crippen molar-refractivity contribution in [1.29, 1.82) is 0 Å². The van der Waals surface area contributed by atoms with Crippen LogP contribution in [-0.2, 0) is 29.0 Å². The zero-order valence-electron chi connectivity index (χ0n) is 30.2. The third-order valence-corrected chi connectivity index (χ3v) is 5.51. The molecular formula is C29H43F3N8O10S. The normalized spacial score (nSPS) is 12.8. The lowest BCUT2D eigenvalue weighted by Crippen LogP contribution is -2.48. The molecule has 51 heavy (non-hydrogen) atoms. The van der Waals surface area contributed by atoms with Gasteiger partial charge in [-0.05, 0) is 95.2 Å². The highest BCUT2D eigenvalue weighted by atomic mass is 32.2. The summed E-state index contributed by atoms with van der Waals surface area (Å²) in [5, 5.41) is 13.6. The number of hydrogen-bond donors (Lipinski definition) is 3. The van der Waals surface area contributed by atoms with Gasteiger partial charge in [-0.15, -0.1) is 14.5 Å². The second-order valence-corrected chi connectivity index (χ2v) is 15.7. The average Bonchev–Trinajstić information content (AvgIpc) is 3.27. The molecule has 0 unspecified atom stereocenters. The molecular weight excluding hydrogens is 709 g/mol. The maximum absolute atomic E-state index is 12.4. The van der Waals surface area contributed by atoms with Gasteiger partial charge in [-0.1, -0.05) is 17.3 Å². The fourth-order valence-corrected chi connectivity index (χ4v) is 3.40. The monoisotopic (exact) mass is 752 g/mol. The molecule has 22 heteroatoms. The summed E-state index contributed by atoms with van der Waals surface area (Å²) < 4.78 is 83.0. The number of carbonyl (C=O) groups excluding carboxylic acids is 4. The minimum Gasteiger partial charge on any atom is -0.444 e. The number of alkyl halides is 3. The molecule has 1 aromatic carbocycles. The second-order valence-electron chi connectivity index (χ2n) is 14.1. The first-order chi connectivity index (χ1) is 22.8. The summed E-state index contributed by atoms with van der Waals surface area (Å²) in [5.74, 6) is -1.48. The van der Waals surface area contributed by atoms with Crippen molar-refractivity contribution in [2.24, 2.45) is 9.39 Å². The molecule has 2 aromatic rings. The number of para-hydroxylation sites is 1. The van der Waals surface area contributed by atoms with Crippen molar-refractivity contribution in [1.82, 2.24) is 30.9 Å². The molecule has 0 saturated carbocycles. The molecule has 18 nitrogen and oxygen atoms in total. The first-order valence-corrected chi connectivity index (χ1v) is 16.2. The Hall–Kier alpha value is -5.02. The molecule has 0 fully saturated rings. The van der Waals surface area contributed by atoms with Gasteiger partial charge >= 0.3 is 39.9 Å². The molecule has 0 saturated heterocycles. The summed E-state index contributed by atoms with van der Waals surface area (Å²) in [5.41, 5.74) is -8.12. The first-order valence-electron chi connectivity index (χ1n) is 14.8. The van der Waals surface area contributed by atoms with Crippen molar-refractivity contribution in [3.05, 3.63) is 24.3 Å². The largest absolute Gasteiger partial charge is 0.518 e. The van der Waals surface area contributed by atoms with Crippen molar-refractivity contribution < 1.29 is 59.7 Å². The molecule has 0 radical (unpaired) electrons. The van der Waals surface area contributed by atoms with Gasteiger partial charge in [-0.3, -0.25) is 16.0 Å². The van der Waals surface area contributed by atoms with Crippen LogP contribution in [0.25, 0.3) is 11.0 Å². The Bertz CT molecular complexity index is 1710. The summed E-state index contributed by atoms with van der Waals surface area (Å²) in [6.45, 7) is 19.0. The van der Waals surface area contributed by atoms with E-state index in [-0.39, 0.29) is 5.96 Å². The molecule has 286 valence electrons. The van der Waals surface area contributed by atoms with Crippen LogP contribution in [0.15, 0.2) is 33.7 Å². The van der Waals surface area contributed by atoms with Gasteiger partial charge in [0.25, 0.3) is 0 Å². The van der Waals surface area contributed by atoms with Crippen LogP contribution in [0.2, 0.25) is 0 Å². The Morgan fingerprint density at radius 1 is 0.686 bits per heavy atom. The second kappa shape index (κ2) is 16.3. The van der Waals surface area contributed by atoms with E-state index in [9.17, 15) is 40.8 Å². The van der Waals surface area contributed by atoms with Crippen LogP contribution in [0.4, 0.5) is 32.3 Å². The number of alkyl carbamates (subject to hydrolysis) is 3. The van der Waals surface area contributed by atoms with Gasteiger partial charge in [0.15, 0.2) is 0 Å². The highest BCUT2D eigenvalue weighted by Crippen LogP contribution is 2.24. The summed E-state index contributed by atoms with van der Waals surface area (Å²) in [7, 11) is -6.03. The maximum atomic E-state index is 12.4. The first kappa shape index (κ1) is 44.0. The third-order valence-electron chi connectivity index (χ3n) is 4.50. The number of aromatic nitrogens is 3. The SMILES string of the molecule is CC(C)(C)OC(=O)N=C(NC(=O)OC(C)(C)C)n1nnc2ccccc21.CC(C)(C)OC(=O)NC(=NS(=O)(=O)C(F)(F)F)NC(=O)OC(C)(C)C. The van der Waals surface area contributed by atoms with Gasteiger partial charge in [-0.25, -0.2) is 19.2 Å². The molecule has 0 spiro atoms. The minimum atomic E-state index is -6.03. The number of rotatable bonds is 1. The number of amides is 4. The average molecular weight is 753 g/mol. The van der Waals surface area contributed by atoms with E-state index in [1.54, 1.807) is 76.4 Å². The lowest BCUT2D eigenvalue weighted by atomic mass is 10.2. The van der Waals surface area contributed by atoms with Crippen LogP contribution in [0, 0.1) is 0 Å². The van der Waals surface area contributed by atoms with Gasteiger partial charge in [0.1, 0.15) is 27.9 Å². The fraction of sp³-hybridized carbons (Fsp3) is 0.586. The predicted molar refractivity (Wildman–Crippen MR) is 177 cm³/mol. The number of nitrogens with zero attached hydrogens (tertiary/aromatic N) is 5. The summed E-state index contributed by atoms with van der Waals surface area (Å²) in [4.78, 5) is 51.2. The Labute approximate surface area is 292 Å². The van der Waals surface area contributed by atoms with Crippen molar-refractivity contribution in [3.8, 4) is 0 Å². The molecule has 1 aromatic heterocycles. The van der Waals surface area contributed by atoms with Gasteiger partial charge in [0, 0.05) is 0 Å². The molecule has 0 aliphatic heterocycles. The van der Waals surface area contributed by atoms with E-state index in [0.29, 0.717) is 11.0 Å². The molecule has 1 heterocycles. The van der Waals surface area contributed by atoms with E-state index in [4.69, 9.17) is 18.9 Å². The van der Waals surface area contributed by atoms with Crippen molar-refractivity contribution >= 4 is 57.3 Å². The predicted octanol–water partition coefficient (Wildman–Crippen LogP) is 5.34. The van der Waals surface area contributed by atoms with E-state index in [1.807, 2.05) is 0 Å². The number of aliphatic imine (C=N–C) groups is 1. The zero-order chi connectivity index (χ0) is 39.8. The Morgan fingerprint density at radius 2 is 1.10 bits per heavy atom. The molecule has 0 bridgehead atoms. The summed E-state index contributed by atoms with van der Waals surface area (Å²) >= 11 is 0.